The van der Waals surface area contributed by atoms with Gasteiger partial charge in [0.1, 0.15) is 5.76 Å². The fourth-order valence-corrected chi connectivity index (χ4v) is 1.50. The van der Waals surface area contributed by atoms with Crippen molar-refractivity contribution in [3.05, 3.63) is 41.5 Å². The van der Waals surface area contributed by atoms with Gasteiger partial charge in [0, 0.05) is 5.56 Å². The quantitative estimate of drug-likeness (QED) is 0.810. The zero-order chi connectivity index (χ0) is 14.0. The highest BCUT2D eigenvalue weighted by Crippen LogP contribution is 2.17. The monoisotopic (exact) mass is 250 g/mol. The molecule has 1 rings (SSSR count). The van der Waals surface area contributed by atoms with Crippen molar-refractivity contribution < 1.29 is 14.6 Å². The Morgan fingerprint density at radius 2 is 2.06 bits per heavy atom. The molecule has 18 heavy (non-hydrogen) atoms. The van der Waals surface area contributed by atoms with Gasteiger partial charge in [0.05, 0.1) is 13.0 Å². The van der Waals surface area contributed by atoms with E-state index in [1.165, 1.54) is 0 Å². The van der Waals surface area contributed by atoms with Gasteiger partial charge >= 0.3 is 5.97 Å². The van der Waals surface area contributed by atoms with Gasteiger partial charge in [-0.1, -0.05) is 32.0 Å². The van der Waals surface area contributed by atoms with Gasteiger partial charge < -0.3 is 9.84 Å². The lowest BCUT2D eigenvalue weighted by Gasteiger charge is -2.09. The Morgan fingerprint density at radius 3 is 2.56 bits per heavy atom. The smallest absolute Gasteiger partial charge is 0.307 e. The number of hydrogen-bond acceptors (Lipinski definition) is 2. The van der Waals surface area contributed by atoms with Crippen LogP contribution in [0.15, 0.2) is 30.3 Å². The van der Waals surface area contributed by atoms with Crippen LogP contribution in [0.2, 0.25) is 0 Å². The minimum atomic E-state index is -0.824. The van der Waals surface area contributed by atoms with Gasteiger partial charge in [0.2, 0.25) is 0 Å². The van der Waals surface area contributed by atoms with Gasteiger partial charge in [-0.05, 0) is 31.6 Å². The van der Waals surface area contributed by atoms with Crippen LogP contribution in [0.1, 0.15) is 38.8 Å². The summed E-state index contributed by atoms with van der Waals surface area (Å²) in [7, 11) is 0. The van der Waals surface area contributed by atoms with Gasteiger partial charge in [0.15, 0.2) is 0 Å². The first-order chi connectivity index (χ1) is 8.67. The van der Waals surface area contributed by atoms with Crippen molar-refractivity contribution in [3.63, 3.8) is 0 Å². The van der Waals surface area contributed by atoms with Crippen LogP contribution in [0.25, 0.3) is 5.76 Å². The average molecular weight is 250 g/mol. The van der Waals surface area contributed by atoms with Crippen LogP contribution in [0.4, 0.5) is 0 Å². The SMILES string of the molecule is C/C=C(\OCC)c1cccc(CC(=O)O)c1.CC. The molecule has 3 heteroatoms. The van der Waals surface area contributed by atoms with E-state index in [2.05, 4.69) is 0 Å². The van der Waals surface area contributed by atoms with Gasteiger partial charge in [0.25, 0.3) is 0 Å². The maximum atomic E-state index is 10.6. The van der Waals surface area contributed by atoms with Crippen molar-refractivity contribution >= 4 is 11.7 Å². The first-order valence-corrected chi connectivity index (χ1v) is 6.27. The Morgan fingerprint density at radius 1 is 1.39 bits per heavy atom. The van der Waals surface area contributed by atoms with Crippen LogP contribution < -0.4 is 0 Å². The van der Waals surface area contributed by atoms with Crippen LogP contribution in [-0.2, 0) is 16.0 Å². The summed E-state index contributed by atoms with van der Waals surface area (Å²) in [5, 5.41) is 8.71. The second-order valence-electron chi connectivity index (χ2n) is 3.36. The number of rotatable bonds is 5. The summed E-state index contributed by atoms with van der Waals surface area (Å²) in [6.45, 7) is 8.42. The van der Waals surface area contributed by atoms with Crippen molar-refractivity contribution in [2.45, 2.75) is 34.1 Å². The number of allylic oxidation sites excluding steroid dienone is 1. The highest BCUT2D eigenvalue weighted by atomic mass is 16.5. The molecule has 1 N–H and O–H groups in total. The molecule has 0 radical (unpaired) electrons. The van der Waals surface area contributed by atoms with Crippen LogP contribution in [0.5, 0.6) is 0 Å². The minimum Gasteiger partial charge on any atom is -0.494 e. The number of carboxylic acids is 1. The zero-order valence-corrected chi connectivity index (χ0v) is 11.6. The van der Waals surface area contributed by atoms with Gasteiger partial charge in [-0.25, -0.2) is 0 Å². The molecular weight excluding hydrogens is 228 g/mol. The molecule has 100 valence electrons. The molecule has 0 saturated heterocycles. The molecule has 0 aromatic heterocycles. The Bertz CT molecular complexity index is 394. The van der Waals surface area contributed by atoms with Crippen LogP contribution in [0, 0.1) is 0 Å². The second-order valence-corrected chi connectivity index (χ2v) is 3.36. The molecule has 0 unspecified atom stereocenters. The third kappa shape index (κ3) is 5.53. The molecule has 0 amide bonds. The Balaban J connectivity index is 0.00000137. The van der Waals surface area contributed by atoms with E-state index in [-0.39, 0.29) is 6.42 Å². The fourth-order valence-electron chi connectivity index (χ4n) is 1.50. The first kappa shape index (κ1) is 16.2. The Kier molecular flexibility index (Phi) is 8.37. The summed E-state index contributed by atoms with van der Waals surface area (Å²) in [5.41, 5.74) is 1.70. The topological polar surface area (TPSA) is 46.5 Å². The van der Waals surface area contributed by atoms with E-state index in [1.54, 1.807) is 6.07 Å². The average Bonchev–Trinajstić information content (AvgIpc) is 2.38. The molecule has 0 aliphatic heterocycles. The highest BCUT2D eigenvalue weighted by Gasteiger charge is 2.04. The second kappa shape index (κ2) is 9.28. The molecule has 0 saturated carbocycles. The van der Waals surface area contributed by atoms with Crippen molar-refractivity contribution in [1.29, 1.82) is 0 Å². The van der Waals surface area contributed by atoms with Crippen molar-refractivity contribution in [2.24, 2.45) is 0 Å². The number of carboxylic acid groups (broad SMARTS) is 1. The summed E-state index contributed by atoms with van der Waals surface area (Å²) in [6, 6.07) is 7.41. The number of carbonyl (C=O) groups is 1. The normalized spacial score (nSPS) is 10.3. The third-order valence-corrected chi connectivity index (χ3v) is 2.13. The van der Waals surface area contributed by atoms with Crippen molar-refractivity contribution in [2.75, 3.05) is 6.61 Å². The van der Waals surface area contributed by atoms with E-state index in [1.807, 2.05) is 52.0 Å². The minimum absolute atomic E-state index is 0.0387. The molecule has 1 aromatic carbocycles. The molecule has 0 aliphatic rings. The number of aliphatic carboxylic acids is 1. The molecule has 0 atom stereocenters. The summed E-state index contributed by atoms with van der Waals surface area (Å²) in [4.78, 5) is 10.6. The Labute approximate surface area is 109 Å². The first-order valence-electron chi connectivity index (χ1n) is 6.27. The lowest BCUT2D eigenvalue weighted by Crippen LogP contribution is -2.00. The molecule has 3 nitrogen and oxygen atoms in total. The molecule has 0 spiro atoms. The van der Waals surface area contributed by atoms with Crippen molar-refractivity contribution in [3.8, 4) is 0 Å². The standard InChI is InChI=1S/C13H16O3.C2H6/c1-3-12(16-4-2)11-7-5-6-10(8-11)9-13(14)15;1-2/h3,5-8H,4,9H2,1-2H3,(H,14,15);1-2H3/b12-3-;. The lowest BCUT2D eigenvalue weighted by atomic mass is 10.1. The maximum absolute atomic E-state index is 10.6. The summed E-state index contributed by atoms with van der Waals surface area (Å²) in [6.07, 6.45) is 1.92. The zero-order valence-electron chi connectivity index (χ0n) is 11.6. The molecule has 0 heterocycles. The summed E-state index contributed by atoms with van der Waals surface area (Å²) >= 11 is 0. The van der Waals surface area contributed by atoms with E-state index in [4.69, 9.17) is 9.84 Å². The van der Waals surface area contributed by atoms with E-state index in [0.717, 1.165) is 16.9 Å². The maximum Gasteiger partial charge on any atom is 0.307 e. The number of ether oxygens (including phenoxy) is 1. The van der Waals surface area contributed by atoms with Gasteiger partial charge in [-0.3, -0.25) is 4.79 Å². The molecule has 0 aliphatic carbocycles. The number of benzene rings is 1. The van der Waals surface area contributed by atoms with Crippen LogP contribution in [0.3, 0.4) is 0 Å². The predicted octanol–water partition coefficient (Wildman–Crippen LogP) is 3.74. The summed E-state index contributed by atoms with van der Waals surface area (Å²) < 4.78 is 5.45. The third-order valence-electron chi connectivity index (χ3n) is 2.13. The fraction of sp³-hybridized carbons (Fsp3) is 0.400. The molecule has 0 bridgehead atoms. The lowest BCUT2D eigenvalue weighted by molar-refractivity contribution is -0.136. The molecule has 0 fully saturated rings. The summed E-state index contributed by atoms with van der Waals surface area (Å²) in [5.74, 6) is -0.0367. The van der Waals surface area contributed by atoms with Crippen LogP contribution in [-0.4, -0.2) is 17.7 Å². The largest absolute Gasteiger partial charge is 0.494 e. The Hall–Kier alpha value is -1.77. The van der Waals surface area contributed by atoms with E-state index < -0.39 is 5.97 Å². The van der Waals surface area contributed by atoms with E-state index in [0.29, 0.717) is 6.61 Å². The highest BCUT2D eigenvalue weighted by molar-refractivity contribution is 5.71. The van der Waals surface area contributed by atoms with Crippen molar-refractivity contribution in [1.82, 2.24) is 0 Å². The predicted molar refractivity (Wildman–Crippen MR) is 74.4 cm³/mol. The number of hydrogen-bond donors (Lipinski definition) is 1. The molecule has 1 aromatic rings. The van der Waals surface area contributed by atoms with Gasteiger partial charge in [-0.2, -0.15) is 0 Å². The van der Waals surface area contributed by atoms with Crippen LogP contribution >= 0.6 is 0 Å². The van der Waals surface area contributed by atoms with E-state index >= 15 is 0 Å². The van der Waals surface area contributed by atoms with E-state index in [9.17, 15) is 4.79 Å². The molecular formula is C15H22O3. The van der Waals surface area contributed by atoms with Gasteiger partial charge in [-0.15, -0.1) is 0 Å².